The number of rotatable bonds is 8. The number of anilines is 1. The smallest absolute Gasteiger partial charge is 0.374 e. The first-order valence-electron chi connectivity index (χ1n) is 10.7. The van der Waals surface area contributed by atoms with Crippen molar-refractivity contribution in [1.82, 2.24) is 4.31 Å². The number of nitro groups is 1. The molecule has 1 aliphatic heterocycles. The summed E-state index contributed by atoms with van der Waals surface area (Å²) in [6, 6.07) is 14.3. The second kappa shape index (κ2) is 10.1. The Kier molecular flexibility index (Phi) is 6.94. The molecule has 1 aromatic heterocycles. The molecule has 35 heavy (non-hydrogen) atoms. The van der Waals surface area contributed by atoms with Crippen molar-refractivity contribution in [2.75, 3.05) is 25.0 Å². The number of esters is 1. The Labute approximate surface area is 200 Å². The number of hydrogen-bond donors (Lipinski definition) is 1. The Bertz CT molecular complexity index is 1360. The van der Waals surface area contributed by atoms with Crippen LogP contribution in [0.25, 0.3) is 11.3 Å². The average Bonchev–Trinajstić information content (AvgIpc) is 3.56. The highest BCUT2D eigenvalue weighted by molar-refractivity contribution is 7.89. The summed E-state index contributed by atoms with van der Waals surface area (Å²) in [7, 11) is -3.64. The van der Waals surface area contributed by atoms with Crippen molar-refractivity contribution >= 4 is 33.3 Å². The van der Waals surface area contributed by atoms with Gasteiger partial charge in [0.1, 0.15) is 5.76 Å². The maximum absolute atomic E-state index is 12.7. The first kappa shape index (κ1) is 24.1. The van der Waals surface area contributed by atoms with Gasteiger partial charge in [-0.2, -0.15) is 4.31 Å². The van der Waals surface area contributed by atoms with Gasteiger partial charge in [-0.3, -0.25) is 14.9 Å². The molecule has 0 radical (unpaired) electrons. The van der Waals surface area contributed by atoms with Gasteiger partial charge in [-0.15, -0.1) is 0 Å². The van der Waals surface area contributed by atoms with Crippen LogP contribution in [0.1, 0.15) is 23.4 Å². The van der Waals surface area contributed by atoms with Crippen LogP contribution in [-0.4, -0.2) is 49.2 Å². The summed E-state index contributed by atoms with van der Waals surface area (Å²) in [5, 5.41) is 13.3. The number of carbonyl (C=O) groups excluding carboxylic acids is 2. The van der Waals surface area contributed by atoms with Crippen LogP contribution < -0.4 is 5.32 Å². The maximum atomic E-state index is 12.7. The Morgan fingerprint density at radius 2 is 1.77 bits per heavy atom. The number of nitrogens with one attached hydrogen (secondary N) is 1. The molecule has 12 heteroatoms. The van der Waals surface area contributed by atoms with E-state index in [0.29, 0.717) is 24.4 Å². The highest BCUT2D eigenvalue weighted by Crippen LogP contribution is 2.25. The summed E-state index contributed by atoms with van der Waals surface area (Å²) in [5.41, 5.74) is 0.700. The molecule has 0 atom stereocenters. The van der Waals surface area contributed by atoms with E-state index in [2.05, 4.69) is 5.32 Å². The maximum Gasteiger partial charge on any atom is 0.374 e. The van der Waals surface area contributed by atoms with E-state index in [1.807, 2.05) is 0 Å². The van der Waals surface area contributed by atoms with Crippen LogP contribution in [-0.2, 0) is 19.6 Å². The monoisotopic (exact) mass is 499 g/mol. The van der Waals surface area contributed by atoms with Crippen LogP contribution in [0, 0.1) is 10.1 Å². The van der Waals surface area contributed by atoms with Gasteiger partial charge in [0.15, 0.2) is 6.61 Å². The lowest BCUT2D eigenvalue weighted by Crippen LogP contribution is -2.28. The third-order valence-electron chi connectivity index (χ3n) is 5.32. The predicted molar refractivity (Wildman–Crippen MR) is 124 cm³/mol. The van der Waals surface area contributed by atoms with Crippen molar-refractivity contribution in [2.24, 2.45) is 0 Å². The summed E-state index contributed by atoms with van der Waals surface area (Å²) >= 11 is 0. The minimum Gasteiger partial charge on any atom is -0.450 e. The molecule has 4 rings (SSSR count). The quantitative estimate of drug-likeness (QED) is 0.281. The van der Waals surface area contributed by atoms with E-state index in [-0.39, 0.29) is 22.0 Å². The van der Waals surface area contributed by atoms with Crippen molar-refractivity contribution in [3.63, 3.8) is 0 Å². The molecule has 11 nitrogen and oxygen atoms in total. The highest BCUT2D eigenvalue weighted by atomic mass is 32.2. The third kappa shape index (κ3) is 5.55. The summed E-state index contributed by atoms with van der Waals surface area (Å²) in [5.74, 6) is -1.38. The molecule has 0 spiro atoms. The standard InChI is InChI=1S/C23H21N3O8S/c27-22(24-17-4-3-5-19(14-17)35(31,32)25-12-1-2-13-25)15-33-23(28)21-11-10-20(34-21)16-6-8-18(9-7-16)26(29)30/h3-11,14H,1-2,12-13,15H2,(H,24,27). The van der Waals surface area contributed by atoms with E-state index < -0.39 is 33.4 Å². The van der Waals surface area contributed by atoms with E-state index in [1.54, 1.807) is 0 Å². The second-order valence-corrected chi connectivity index (χ2v) is 9.67. The van der Waals surface area contributed by atoms with Crippen molar-refractivity contribution in [2.45, 2.75) is 17.7 Å². The van der Waals surface area contributed by atoms with Crippen LogP contribution in [0.2, 0.25) is 0 Å². The van der Waals surface area contributed by atoms with Gasteiger partial charge in [-0.1, -0.05) is 6.07 Å². The van der Waals surface area contributed by atoms with Crippen LogP contribution in [0.5, 0.6) is 0 Å². The summed E-state index contributed by atoms with van der Waals surface area (Å²) < 4.78 is 37.2. The van der Waals surface area contributed by atoms with Gasteiger partial charge >= 0.3 is 5.97 Å². The number of amides is 1. The first-order chi connectivity index (χ1) is 16.7. The highest BCUT2D eigenvalue weighted by Gasteiger charge is 2.27. The van der Waals surface area contributed by atoms with Gasteiger partial charge in [0.05, 0.1) is 9.82 Å². The fraction of sp³-hybridized carbons (Fsp3) is 0.217. The Morgan fingerprint density at radius 3 is 2.46 bits per heavy atom. The normalized spacial score (nSPS) is 13.9. The van der Waals surface area contributed by atoms with Crippen molar-refractivity contribution in [1.29, 1.82) is 0 Å². The predicted octanol–water partition coefficient (Wildman–Crippen LogP) is 3.43. The van der Waals surface area contributed by atoms with E-state index in [4.69, 9.17) is 9.15 Å². The molecule has 2 heterocycles. The molecule has 1 N–H and O–H groups in total. The molecular weight excluding hydrogens is 478 g/mol. The number of nitro benzene ring substituents is 1. The Morgan fingerprint density at radius 1 is 1.06 bits per heavy atom. The van der Waals surface area contributed by atoms with Gasteiger partial charge in [-0.25, -0.2) is 13.2 Å². The lowest BCUT2D eigenvalue weighted by molar-refractivity contribution is -0.384. The Balaban J connectivity index is 1.34. The minimum absolute atomic E-state index is 0.0727. The molecule has 1 fully saturated rings. The van der Waals surface area contributed by atoms with Gasteiger partial charge in [0.2, 0.25) is 15.8 Å². The van der Waals surface area contributed by atoms with Gasteiger partial charge in [0, 0.05) is 36.5 Å². The largest absolute Gasteiger partial charge is 0.450 e. The zero-order chi connectivity index (χ0) is 25.0. The number of nitrogens with zero attached hydrogens (tertiary/aromatic N) is 2. The zero-order valence-corrected chi connectivity index (χ0v) is 19.2. The van der Waals surface area contributed by atoms with Crippen molar-refractivity contribution < 1.29 is 32.1 Å². The molecule has 1 amide bonds. The average molecular weight is 500 g/mol. The van der Waals surface area contributed by atoms with Crippen molar-refractivity contribution in [3.8, 4) is 11.3 Å². The zero-order valence-electron chi connectivity index (χ0n) is 18.4. The molecule has 1 saturated heterocycles. The van der Waals surface area contributed by atoms with Gasteiger partial charge in [0.25, 0.3) is 11.6 Å². The third-order valence-corrected chi connectivity index (χ3v) is 7.22. The molecule has 0 unspecified atom stereocenters. The van der Waals surface area contributed by atoms with Crippen LogP contribution in [0.3, 0.4) is 0 Å². The molecule has 1 aliphatic rings. The van der Waals surface area contributed by atoms with Crippen LogP contribution in [0.15, 0.2) is 70.0 Å². The number of carbonyl (C=O) groups is 2. The molecule has 0 bridgehead atoms. The summed E-state index contributed by atoms with van der Waals surface area (Å²) in [6.07, 6.45) is 1.62. The lowest BCUT2D eigenvalue weighted by Gasteiger charge is -2.16. The SMILES string of the molecule is O=C(COC(=O)c1ccc(-c2ccc([N+](=O)[O-])cc2)o1)Nc1cccc(S(=O)(=O)N2CCCC2)c1. The topological polar surface area (TPSA) is 149 Å². The summed E-state index contributed by atoms with van der Waals surface area (Å²) in [4.78, 5) is 34.8. The van der Waals surface area contributed by atoms with Crippen molar-refractivity contribution in [3.05, 3.63) is 76.5 Å². The molecule has 182 valence electrons. The Hall–Kier alpha value is -4.03. The van der Waals surface area contributed by atoms with E-state index in [9.17, 15) is 28.1 Å². The minimum atomic E-state index is -3.64. The molecular formula is C23H21N3O8S. The fourth-order valence-corrected chi connectivity index (χ4v) is 5.12. The number of furan rings is 1. The van der Waals surface area contributed by atoms with Gasteiger partial charge in [-0.05, 0) is 55.3 Å². The van der Waals surface area contributed by atoms with Crippen LogP contribution in [0.4, 0.5) is 11.4 Å². The number of non-ortho nitro benzene ring substituents is 1. The van der Waals surface area contributed by atoms with Gasteiger partial charge < -0.3 is 14.5 Å². The summed E-state index contributed by atoms with van der Waals surface area (Å²) in [6.45, 7) is 0.316. The van der Waals surface area contributed by atoms with Crippen LogP contribution >= 0.6 is 0 Å². The molecule has 3 aromatic rings. The number of benzene rings is 2. The first-order valence-corrected chi connectivity index (χ1v) is 12.1. The van der Waals surface area contributed by atoms with E-state index in [1.165, 1.54) is 65.0 Å². The molecule has 2 aromatic carbocycles. The molecule has 0 aliphatic carbocycles. The fourth-order valence-electron chi connectivity index (χ4n) is 3.56. The number of ether oxygens (including phenoxy) is 1. The number of hydrogen-bond acceptors (Lipinski definition) is 8. The second-order valence-electron chi connectivity index (χ2n) is 7.73. The van der Waals surface area contributed by atoms with E-state index >= 15 is 0 Å². The lowest BCUT2D eigenvalue weighted by atomic mass is 10.1. The number of sulfonamides is 1. The molecule has 0 saturated carbocycles. The van der Waals surface area contributed by atoms with E-state index in [0.717, 1.165) is 12.8 Å².